The highest BCUT2D eigenvalue weighted by molar-refractivity contribution is 5.46. The molecule has 0 bridgehead atoms. The van der Waals surface area contributed by atoms with Crippen LogP contribution in [0.25, 0.3) is 0 Å². The lowest BCUT2D eigenvalue weighted by molar-refractivity contribution is 0.325. The minimum atomic E-state index is -0.336. The summed E-state index contributed by atoms with van der Waals surface area (Å²) in [6.45, 7) is 7.45. The second-order valence-electron chi connectivity index (χ2n) is 7.44. The van der Waals surface area contributed by atoms with E-state index >= 15 is 0 Å². The van der Waals surface area contributed by atoms with Crippen LogP contribution in [0.5, 0.6) is 0 Å². The van der Waals surface area contributed by atoms with Crippen LogP contribution in [0, 0.1) is 5.82 Å². The van der Waals surface area contributed by atoms with Gasteiger partial charge in [0.2, 0.25) is 11.8 Å². The Morgan fingerprint density at radius 1 is 1.08 bits per heavy atom. The zero-order valence-electron chi connectivity index (χ0n) is 15.4. The van der Waals surface area contributed by atoms with Crippen LogP contribution in [0.15, 0.2) is 10.7 Å². The summed E-state index contributed by atoms with van der Waals surface area (Å²) < 4.78 is 19.6. The predicted octanol–water partition coefficient (Wildman–Crippen LogP) is 3.11. The predicted molar refractivity (Wildman–Crippen MR) is 96.0 cm³/mol. The quantitative estimate of drug-likeness (QED) is 0.829. The van der Waals surface area contributed by atoms with Crippen LogP contribution < -0.4 is 9.80 Å². The van der Waals surface area contributed by atoms with Gasteiger partial charge in [-0.1, -0.05) is 19.0 Å². The molecule has 2 aliphatic rings. The van der Waals surface area contributed by atoms with Gasteiger partial charge >= 0.3 is 0 Å². The lowest BCUT2D eigenvalue weighted by Gasteiger charge is -2.31. The van der Waals surface area contributed by atoms with Gasteiger partial charge in [-0.15, -0.1) is 0 Å². The van der Waals surface area contributed by atoms with E-state index < -0.39 is 0 Å². The Kier molecular flexibility index (Phi) is 4.74. The van der Waals surface area contributed by atoms with Gasteiger partial charge in [0.25, 0.3) is 0 Å². The molecule has 0 unspecified atom stereocenters. The van der Waals surface area contributed by atoms with E-state index in [-0.39, 0.29) is 17.7 Å². The molecule has 4 heterocycles. The lowest BCUT2D eigenvalue weighted by atomic mass is 9.97. The zero-order valence-corrected chi connectivity index (χ0v) is 15.4. The molecule has 140 valence electrons. The first-order valence-electron chi connectivity index (χ1n) is 9.47. The van der Waals surface area contributed by atoms with Crippen molar-refractivity contribution in [1.82, 2.24) is 20.1 Å². The summed E-state index contributed by atoms with van der Waals surface area (Å²) in [6.07, 6.45) is 5.29. The number of piperidine rings is 1. The van der Waals surface area contributed by atoms with Gasteiger partial charge in [0.15, 0.2) is 17.5 Å². The number of rotatable bonds is 4. The molecule has 0 radical (unpaired) electrons. The maximum Gasteiger partial charge on any atom is 0.229 e. The molecular formula is C18H25FN6O. The van der Waals surface area contributed by atoms with Crippen molar-refractivity contribution in [3.63, 3.8) is 0 Å². The minimum Gasteiger partial charge on any atom is -0.354 e. The third-order valence-electron chi connectivity index (χ3n) is 5.22. The van der Waals surface area contributed by atoms with Crippen molar-refractivity contribution in [2.24, 2.45) is 0 Å². The van der Waals surface area contributed by atoms with E-state index in [0.29, 0.717) is 11.8 Å². The number of aromatic nitrogens is 4. The molecule has 2 aromatic heterocycles. The Bertz CT molecular complexity index is 750. The minimum absolute atomic E-state index is 0.268. The Morgan fingerprint density at radius 2 is 1.81 bits per heavy atom. The van der Waals surface area contributed by atoms with E-state index in [1.54, 1.807) is 0 Å². The molecule has 2 fully saturated rings. The van der Waals surface area contributed by atoms with E-state index in [1.807, 2.05) is 4.90 Å². The monoisotopic (exact) mass is 360 g/mol. The molecule has 2 aromatic rings. The molecule has 0 amide bonds. The summed E-state index contributed by atoms with van der Waals surface area (Å²) in [5.74, 6) is 2.74. The molecule has 0 atom stereocenters. The van der Waals surface area contributed by atoms with Gasteiger partial charge in [-0.05, 0) is 25.7 Å². The molecule has 0 aromatic carbocycles. The van der Waals surface area contributed by atoms with Gasteiger partial charge < -0.3 is 14.3 Å². The normalized spacial score (nSPS) is 18.9. The zero-order chi connectivity index (χ0) is 18.1. The highest BCUT2D eigenvalue weighted by Gasteiger charge is 2.28. The number of halogens is 1. The maximum absolute atomic E-state index is 14.1. The van der Waals surface area contributed by atoms with Crippen LogP contribution in [0.2, 0.25) is 0 Å². The molecule has 7 nitrogen and oxygen atoms in total. The first kappa shape index (κ1) is 17.2. The standard InChI is InChI=1S/C18H25FN6O/c1-12(2)15-21-17(26-23-15)13-5-9-25(10-6-13)18-20-11-14(19)16(22-18)24-7-3-4-8-24/h11-13H,3-10H2,1-2H3. The molecule has 0 aliphatic carbocycles. The number of hydrogen-bond donors (Lipinski definition) is 0. The Morgan fingerprint density at radius 3 is 2.46 bits per heavy atom. The Balaban J connectivity index is 1.43. The largest absolute Gasteiger partial charge is 0.354 e. The van der Waals surface area contributed by atoms with Gasteiger partial charge in [0, 0.05) is 38.0 Å². The van der Waals surface area contributed by atoms with Crippen LogP contribution >= 0.6 is 0 Å². The SMILES string of the molecule is CC(C)c1noc(C2CCN(c3ncc(F)c(N4CCCC4)n3)CC2)n1. The molecule has 0 N–H and O–H groups in total. The van der Waals surface area contributed by atoms with E-state index in [0.717, 1.165) is 63.6 Å². The van der Waals surface area contributed by atoms with Crippen molar-refractivity contribution in [2.45, 2.75) is 51.4 Å². The summed E-state index contributed by atoms with van der Waals surface area (Å²) in [5, 5.41) is 4.06. The molecule has 2 saturated heterocycles. The average molecular weight is 360 g/mol. The molecule has 0 spiro atoms. The number of nitrogens with zero attached hydrogens (tertiary/aromatic N) is 6. The molecule has 0 saturated carbocycles. The molecule has 8 heteroatoms. The van der Waals surface area contributed by atoms with Crippen LogP contribution in [0.1, 0.15) is 63.1 Å². The lowest BCUT2D eigenvalue weighted by Crippen LogP contribution is -2.35. The van der Waals surface area contributed by atoms with Crippen molar-refractivity contribution in [2.75, 3.05) is 36.0 Å². The first-order valence-corrected chi connectivity index (χ1v) is 9.47. The van der Waals surface area contributed by atoms with Gasteiger partial charge in [-0.25, -0.2) is 9.37 Å². The summed E-state index contributed by atoms with van der Waals surface area (Å²) in [4.78, 5) is 17.4. The van der Waals surface area contributed by atoms with Crippen molar-refractivity contribution < 1.29 is 8.91 Å². The van der Waals surface area contributed by atoms with Gasteiger partial charge in [-0.2, -0.15) is 9.97 Å². The van der Waals surface area contributed by atoms with Gasteiger partial charge in [-0.3, -0.25) is 0 Å². The Hall–Kier alpha value is -2.25. The van der Waals surface area contributed by atoms with Gasteiger partial charge in [0.1, 0.15) is 0 Å². The van der Waals surface area contributed by atoms with Crippen molar-refractivity contribution in [1.29, 1.82) is 0 Å². The fraction of sp³-hybridized carbons (Fsp3) is 0.667. The fourth-order valence-corrected chi connectivity index (χ4v) is 3.63. The second-order valence-corrected chi connectivity index (χ2v) is 7.44. The average Bonchev–Trinajstić information content (AvgIpc) is 3.34. The van der Waals surface area contributed by atoms with E-state index in [4.69, 9.17) is 4.52 Å². The van der Waals surface area contributed by atoms with Crippen LogP contribution in [0.3, 0.4) is 0 Å². The second kappa shape index (κ2) is 7.17. The van der Waals surface area contributed by atoms with Crippen LogP contribution in [-0.4, -0.2) is 46.3 Å². The summed E-state index contributed by atoms with van der Waals surface area (Å²) in [7, 11) is 0. The molecule has 26 heavy (non-hydrogen) atoms. The summed E-state index contributed by atoms with van der Waals surface area (Å²) in [5.41, 5.74) is 0. The highest BCUT2D eigenvalue weighted by atomic mass is 19.1. The third-order valence-corrected chi connectivity index (χ3v) is 5.22. The number of hydrogen-bond acceptors (Lipinski definition) is 7. The smallest absolute Gasteiger partial charge is 0.229 e. The van der Waals surface area contributed by atoms with E-state index in [2.05, 4.69) is 38.9 Å². The molecule has 4 rings (SSSR count). The van der Waals surface area contributed by atoms with Crippen LogP contribution in [0.4, 0.5) is 16.2 Å². The van der Waals surface area contributed by atoms with Crippen molar-refractivity contribution in [3.8, 4) is 0 Å². The van der Waals surface area contributed by atoms with E-state index in [1.165, 1.54) is 6.20 Å². The Labute approximate surface area is 152 Å². The molecule has 2 aliphatic heterocycles. The topological polar surface area (TPSA) is 71.2 Å². The fourth-order valence-electron chi connectivity index (χ4n) is 3.63. The molecular weight excluding hydrogens is 335 g/mol. The third kappa shape index (κ3) is 3.37. The van der Waals surface area contributed by atoms with E-state index in [9.17, 15) is 4.39 Å². The van der Waals surface area contributed by atoms with Crippen molar-refractivity contribution >= 4 is 11.8 Å². The number of anilines is 2. The van der Waals surface area contributed by atoms with Gasteiger partial charge in [0.05, 0.1) is 6.20 Å². The summed E-state index contributed by atoms with van der Waals surface area (Å²) >= 11 is 0. The van der Waals surface area contributed by atoms with Crippen LogP contribution in [-0.2, 0) is 0 Å². The first-order chi connectivity index (χ1) is 12.6. The highest BCUT2D eigenvalue weighted by Crippen LogP contribution is 2.30. The maximum atomic E-state index is 14.1. The summed E-state index contributed by atoms with van der Waals surface area (Å²) in [6, 6.07) is 0. The van der Waals surface area contributed by atoms with Crippen molar-refractivity contribution in [3.05, 3.63) is 23.7 Å².